The van der Waals surface area contributed by atoms with Gasteiger partial charge >= 0.3 is 0 Å². The van der Waals surface area contributed by atoms with Crippen LogP contribution in [0.5, 0.6) is 0 Å². The molecule has 0 aliphatic rings. The number of hydrogen-bond donors (Lipinski definition) is 1. The molecule has 2 aromatic rings. The van der Waals surface area contributed by atoms with Crippen LogP contribution in [-0.4, -0.2) is 9.97 Å². The van der Waals surface area contributed by atoms with Crippen molar-refractivity contribution in [3.8, 4) is 0 Å². The van der Waals surface area contributed by atoms with E-state index in [0.717, 1.165) is 12.1 Å². The zero-order valence-corrected chi connectivity index (χ0v) is 13.2. The Hall–Kier alpha value is -1.46. The Morgan fingerprint density at radius 1 is 1.14 bits per heavy atom. The van der Waals surface area contributed by atoms with Gasteiger partial charge in [0.05, 0.1) is 10.7 Å². The molecule has 0 bridgehead atoms. The summed E-state index contributed by atoms with van der Waals surface area (Å²) in [5.41, 5.74) is 0.506. The first-order valence-corrected chi connectivity index (χ1v) is 7.00. The summed E-state index contributed by atoms with van der Waals surface area (Å²) in [5, 5.41) is 2.96. The van der Waals surface area contributed by atoms with Crippen LogP contribution in [-0.2, 0) is 0 Å². The van der Waals surface area contributed by atoms with E-state index in [2.05, 4.69) is 15.3 Å². The zero-order chi connectivity index (χ0) is 15.7. The Bertz CT molecular complexity index is 667. The number of anilines is 2. The second-order valence-electron chi connectivity index (χ2n) is 4.87. The summed E-state index contributed by atoms with van der Waals surface area (Å²) >= 11 is 11.9. The van der Waals surface area contributed by atoms with Gasteiger partial charge in [0.2, 0.25) is 0 Å². The Balaban J connectivity index is 2.49. The molecule has 0 amide bonds. The van der Waals surface area contributed by atoms with E-state index in [4.69, 9.17) is 23.2 Å². The largest absolute Gasteiger partial charge is 0.336 e. The van der Waals surface area contributed by atoms with Gasteiger partial charge in [-0.05, 0) is 13.0 Å². The molecule has 0 aliphatic heterocycles. The molecular weight excluding hydrogens is 319 g/mol. The van der Waals surface area contributed by atoms with Gasteiger partial charge in [0, 0.05) is 17.5 Å². The van der Waals surface area contributed by atoms with Crippen molar-refractivity contribution in [1.82, 2.24) is 9.97 Å². The number of hydrogen-bond acceptors (Lipinski definition) is 3. The third kappa shape index (κ3) is 3.41. The second kappa shape index (κ2) is 6.12. The molecule has 1 heterocycles. The SMILES string of the molecule is Cc1c(Cl)nc(C(C)C)nc1Nc1c(F)cc(F)cc1Cl. The van der Waals surface area contributed by atoms with Gasteiger partial charge in [-0.1, -0.05) is 37.0 Å². The summed E-state index contributed by atoms with van der Waals surface area (Å²) in [4.78, 5) is 8.47. The summed E-state index contributed by atoms with van der Waals surface area (Å²) in [6.45, 7) is 5.52. The summed E-state index contributed by atoms with van der Waals surface area (Å²) in [6, 6.07) is 1.77. The minimum absolute atomic E-state index is 0.0503. The van der Waals surface area contributed by atoms with Gasteiger partial charge in [-0.3, -0.25) is 0 Å². The number of aromatic nitrogens is 2. The molecule has 7 heteroatoms. The van der Waals surface area contributed by atoms with Gasteiger partial charge in [0.15, 0.2) is 5.82 Å². The lowest BCUT2D eigenvalue weighted by molar-refractivity contribution is 0.586. The minimum Gasteiger partial charge on any atom is -0.336 e. The average molecular weight is 332 g/mol. The molecule has 0 aliphatic carbocycles. The Labute approximate surface area is 131 Å². The second-order valence-corrected chi connectivity index (χ2v) is 5.64. The van der Waals surface area contributed by atoms with Crippen molar-refractivity contribution in [2.45, 2.75) is 26.7 Å². The van der Waals surface area contributed by atoms with Crippen molar-refractivity contribution in [3.63, 3.8) is 0 Å². The average Bonchev–Trinajstić information content (AvgIpc) is 2.37. The van der Waals surface area contributed by atoms with Crippen LogP contribution >= 0.6 is 23.2 Å². The maximum absolute atomic E-state index is 13.8. The third-order valence-corrected chi connectivity index (χ3v) is 3.54. The van der Waals surface area contributed by atoms with Crippen LogP contribution in [0.15, 0.2) is 12.1 Å². The monoisotopic (exact) mass is 331 g/mol. The van der Waals surface area contributed by atoms with Crippen LogP contribution in [0, 0.1) is 18.6 Å². The Kier molecular flexibility index (Phi) is 4.64. The predicted molar refractivity (Wildman–Crippen MR) is 80.5 cm³/mol. The van der Waals surface area contributed by atoms with Crippen LogP contribution in [0.25, 0.3) is 0 Å². The van der Waals surface area contributed by atoms with Gasteiger partial charge in [0.1, 0.15) is 22.6 Å². The number of nitrogens with one attached hydrogen (secondary N) is 1. The van der Waals surface area contributed by atoms with Crippen molar-refractivity contribution in [3.05, 3.63) is 45.3 Å². The van der Waals surface area contributed by atoms with E-state index in [0.29, 0.717) is 17.2 Å². The summed E-state index contributed by atoms with van der Waals surface area (Å²) in [7, 11) is 0. The molecule has 0 radical (unpaired) electrons. The first kappa shape index (κ1) is 15.9. The van der Waals surface area contributed by atoms with E-state index in [9.17, 15) is 8.78 Å². The van der Waals surface area contributed by atoms with E-state index in [-0.39, 0.29) is 21.8 Å². The number of halogens is 4. The summed E-state index contributed by atoms with van der Waals surface area (Å²) in [6.07, 6.45) is 0. The van der Waals surface area contributed by atoms with E-state index < -0.39 is 11.6 Å². The highest BCUT2D eigenvalue weighted by molar-refractivity contribution is 6.33. The van der Waals surface area contributed by atoms with Crippen LogP contribution in [0.4, 0.5) is 20.3 Å². The molecule has 0 atom stereocenters. The molecule has 0 saturated carbocycles. The highest BCUT2D eigenvalue weighted by Gasteiger charge is 2.16. The highest BCUT2D eigenvalue weighted by Crippen LogP contribution is 2.31. The van der Waals surface area contributed by atoms with Crippen LogP contribution in [0.1, 0.15) is 31.2 Å². The molecule has 1 aromatic carbocycles. The Morgan fingerprint density at radius 3 is 2.38 bits per heavy atom. The quantitative estimate of drug-likeness (QED) is 0.782. The van der Waals surface area contributed by atoms with Gasteiger partial charge in [-0.2, -0.15) is 0 Å². The van der Waals surface area contributed by atoms with Gasteiger partial charge < -0.3 is 5.32 Å². The van der Waals surface area contributed by atoms with E-state index >= 15 is 0 Å². The van der Waals surface area contributed by atoms with Crippen molar-refractivity contribution >= 4 is 34.7 Å². The van der Waals surface area contributed by atoms with Gasteiger partial charge in [0.25, 0.3) is 0 Å². The number of nitrogens with zero attached hydrogens (tertiary/aromatic N) is 2. The fourth-order valence-corrected chi connectivity index (χ4v) is 2.08. The first-order valence-electron chi connectivity index (χ1n) is 6.25. The van der Waals surface area contributed by atoms with E-state index in [1.165, 1.54) is 0 Å². The number of rotatable bonds is 3. The van der Waals surface area contributed by atoms with Crippen LogP contribution in [0.2, 0.25) is 10.2 Å². The zero-order valence-electron chi connectivity index (χ0n) is 11.6. The fourth-order valence-electron chi connectivity index (χ4n) is 1.67. The number of benzene rings is 1. The van der Waals surface area contributed by atoms with E-state index in [1.807, 2.05) is 13.8 Å². The Morgan fingerprint density at radius 2 is 1.81 bits per heavy atom. The molecule has 3 nitrogen and oxygen atoms in total. The molecule has 1 aromatic heterocycles. The summed E-state index contributed by atoms with van der Waals surface area (Å²) in [5.74, 6) is -0.640. The van der Waals surface area contributed by atoms with Gasteiger partial charge in [-0.15, -0.1) is 0 Å². The topological polar surface area (TPSA) is 37.8 Å². The first-order chi connectivity index (χ1) is 9.79. The van der Waals surface area contributed by atoms with Crippen LogP contribution < -0.4 is 5.32 Å². The lowest BCUT2D eigenvalue weighted by Gasteiger charge is -2.14. The maximum atomic E-state index is 13.8. The molecule has 0 saturated heterocycles. The molecule has 0 spiro atoms. The fraction of sp³-hybridized carbons (Fsp3) is 0.286. The lowest BCUT2D eigenvalue weighted by Crippen LogP contribution is -2.06. The molecular formula is C14H13Cl2F2N3. The molecule has 21 heavy (non-hydrogen) atoms. The van der Waals surface area contributed by atoms with Gasteiger partial charge in [-0.25, -0.2) is 18.7 Å². The maximum Gasteiger partial charge on any atom is 0.151 e. The standard InChI is InChI=1S/C14H13Cl2F2N3/c1-6(2)13-20-12(16)7(3)14(21-13)19-11-9(15)4-8(17)5-10(11)18/h4-6H,1-3H3,(H,19,20,21). The normalized spacial score (nSPS) is 11.0. The van der Waals surface area contributed by atoms with Crippen LogP contribution in [0.3, 0.4) is 0 Å². The molecule has 112 valence electrons. The van der Waals surface area contributed by atoms with E-state index in [1.54, 1.807) is 6.92 Å². The smallest absolute Gasteiger partial charge is 0.151 e. The van der Waals surface area contributed by atoms with Crippen molar-refractivity contribution in [2.24, 2.45) is 0 Å². The highest BCUT2D eigenvalue weighted by atomic mass is 35.5. The molecule has 1 N–H and O–H groups in total. The van der Waals surface area contributed by atoms with Crippen molar-refractivity contribution in [2.75, 3.05) is 5.32 Å². The van der Waals surface area contributed by atoms with Crippen molar-refractivity contribution in [1.29, 1.82) is 0 Å². The summed E-state index contributed by atoms with van der Waals surface area (Å²) < 4.78 is 26.9. The lowest BCUT2D eigenvalue weighted by atomic mass is 10.2. The third-order valence-electron chi connectivity index (χ3n) is 2.87. The molecule has 2 rings (SSSR count). The molecule has 0 fully saturated rings. The van der Waals surface area contributed by atoms with Crippen molar-refractivity contribution < 1.29 is 8.78 Å². The molecule has 0 unspecified atom stereocenters. The predicted octanol–water partition coefficient (Wildman–Crippen LogP) is 5.24. The minimum atomic E-state index is -0.805.